The van der Waals surface area contributed by atoms with Crippen LogP contribution in [0.2, 0.25) is 0 Å². The molecule has 0 aliphatic heterocycles. The van der Waals surface area contributed by atoms with Crippen molar-refractivity contribution in [2.75, 3.05) is 0 Å². The Kier molecular flexibility index (Phi) is 8.53. The molecular formula is C60H40N2. The van der Waals surface area contributed by atoms with Crippen LogP contribution >= 0.6 is 0 Å². The van der Waals surface area contributed by atoms with E-state index in [2.05, 4.69) is 252 Å². The number of fused-ring (bicyclic) bond motifs is 7. The summed E-state index contributed by atoms with van der Waals surface area (Å²) in [5.74, 6) is 0. The molecule has 0 atom stereocenters. The third-order valence-electron chi connectivity index (χ3n) is 12.5. The predicted octanol–water partition coefficient (Wildman–Crippen LogP) is 16.2. The number of aromatic nitrogens is 2. The maximum atomic E-state index is 2.48. The smallest absolute Gasteiger partial charge is 0.0788 e. The molecule has 0 radical (unpaired) electrons. The molecule has 0 fully saturated rings. The van der Waals surface area contributed by atoms with Gasteiger partial charge in [0.15, 0.2) is 0 Å². The third-order valence-corrected chi connectivity index (χ3v) is 12.5. The van der Waals surface area contributed by atoms with Crippen molar-refractivity contribution >= 4 is 43.6 Å². The van der Waals surface area contributed by atoms with E-state index in [-0.39, 0.29) is 0 Å². The van der Waals surface area contributed by atoms with E-state index in [0.29, 0.717) is 0 Å². The van der Waals surface area contributed by atoms with Gasteiger partial charge >= 0.3 is 0 Å². The number of hydrogen-bond donors (Lipinski definition) is 0. The first-order chi connectivity index (χ1) is 30.7. The van der Waals surface area contributed by atoms with Gasteiger partial charge in [0.2, 0.25) is 0 Å². The van der Waals surface area contributed by atoms with Crippen molar-refractivity contribution in [3.63, 3.8) is 0 Å². The van der Waals surface area contributed by atoms with Crippen LogP contribution in [0.15, 0.2) is 243 Å². The van der Waals surface area contributed by atoms with Crippen LogP contribution in [-0.4, -0.2) is 9.13 Å². The van der Waals surface area contributed by atoms with Gasteiger partial charge in [0, 0.05) is 32.9 Å². The van der Waals surface area contributed by atoms with Crippen LogP contribution in [0.25, 0.3) is 111 Å². The van der Waals surface area contributed by atoms with E-state index >= 15 is 0 Å². The minimum absolute atomic E-state index is 1.13. The van der Waals surface area contributed by atoms with E-state index in [1.165, 1.54) is 99.2 Å². The van der Waals surface area contributed by atoms with Gasteiger partial charge < -0.3 is 9.13 Å². The Labute approximate surface area is 360 Å². The Morgan fingerprint density at radius 1 is 0.194 bits per heavy atom. The molecule has 2 heterocycles. The van der Waals surface area contributed by atoms with Gasteiger partial charge in [-0.1, -0.05) is 188 Å². The SMILES string of the molecule is c1ccc(-c2cccc(-c3cccc(-c4ccc(-c5cccc(-c6cccc(-n7c8ccccc8c8ccc9c%10ccccc%10n(-c%10ccccc%10)c9c87)c6)c5)cc4)c3)c2)cc1. The normalized spacial score (nSPS) is 11.5. The van der Waals surface area contributed by atoms with E-state index in [1.807, 2.05) is 0 Å². The summed E-state index contributed by atoms with van der Waals surface area (Å²) in [6.07, 6.45) is 0. The van der Waals surface area contributed by atoms with E-state index in [0.717, 1.165) is 11.4 Å². The lowest BCUT2D eigenvalue weighted by Gasteiger charge is -2.14. The average Bonchev–Trinajstić information content (AvgIpc) is 3.88. The van der Waals surface area contributed by atoms with Crippen molar-refractivity contribution in [1.29, 1.82) is 0 Å². The molecule has 0 spiro atoms. The maximum Gasteiger partial charge on any atom is 0.0788 e. The highest BCUT2D eigenvalue weighted by Gasteiger charge is 2.21. The molecule has 2 nitrogen and oxygen atoms in total. The zero-order valence-electron chi connectivity index (χ0n) is 34.0. The average molecular weight is 789 g/mol. The largest absolute Gasteiger partial charge is 0.307 e. The molecular weight excluding hydrogens is 749 g/mol. The van der Waals surface area contributed by atoms with Gasteiger partial charge in [0.05, 0.1) is 22.1 Å². The van der Waals surface area contributed by atoms with E-state index in [9.17, 15) is 0 Å². The second-order valence-electron chi connectivity index (χ2n) is 16.1. The summed E-state index contributed by atoms with van der Waals surface area (Å²) >= 11 is 0. The Bertz CT molecular complexity index is 3610. The van der Waals surface area contributed by atoms with Gasteiger partial charge in [-0.2, -0.15) is 0 Å². The molecule has 0 saturated heterocycles. The van der Waals surface area contributed by atoms with Crippen LogP contribution in [0.1, 0.15) is 0 Å². The second-order valence-corrected chi connectivity index (χ2v) is 16.1. The lowest BCUT2D eigenvalue weighted by molar-refractivity contribution is 1.15. The quantitative estimate of drug-likeness (QED) is 0.152. The molecule has 62 heavy (non-hydrogen) atoms. The molecule has 0 unspecified atom stereocenters. The number of benzene rings is 10. The van der Waals surface area contributed by atoms with Crippen LogP contribution in [-0.2, 0) is 0 Å². The predicted molar refractivity (Wildman–Crippen MR) is 262 cm³/mol. The topological polar surface area (TPSA) is 9.86 Å². The van der Waals surface area contributed by atoms with Crippen LogP contribution in [0, 0.1) is 0 Å². The molecule has 0 aliphatic rings. The van der Waals surface area contributed by atoms with Crippen molar-refractivity contribution in [1.82, 2.24) is 9.13 Å². The van der Waals surface area contributed by atoms with Gasteiger partial charge in [-0.3, -0.25) is 0 Å². The summed E-state index contributed by atoms with van der Waals surface area (Å²) in [7, 11) is 0. The fourth-order valence-electron chi connectivity index (χ4n) is 9.56. The van der Waals surface area contributed by atoms with Gasteiger partial charge in [-0.05, 0) is 110 Å². The standard InChI is InChI=1S/C60H40N2/c1-3-15-41(16-4-1)44-17-11-20-47(37-44)48-21-12-18-45(38-48)42-31-33-43(34-32-42)46-19-13-22-49(39-46)50-23-14-26-52(40-50)62-58-30-10-8-28-54(58)56-36-35-55-53-27-7-9-29-57(53)61(59(55)60(56)62)51-24-5-2-6-25-51/h1-40H. The second kappa shape index (κ2) is 14.8. The van der Waals surface area contributed by atoms with Crippen LogP contribution in [0.5, 0.6) is 0 Å². The summed E-state index contributed by atoms with van der Waals surface area (Å²) in [4.78, 5) is 0. The molecule has 0 aliphatic carbocycles. The third kappa shape index (κ3) is 6.04. The van der Waals surface area contributed by atoms with Gasteiger partial charge in [-0.25, -0.2) is 0 Å². The minimum atomic E-state index is 1.13. The Morgan fingerprint density at radius 3 is 1.00 bits per heavy atom. The fourth-order valence-corrected chi connectivity index (χ4v) is 9.56. The summed E-state index contributed by atoms with van der Waals surface area (Å²) < 4.78 is 4.93. The summed E-state index contributed by atoms with van der Waals surface area (Å²) in [6.45, 7) is 0. The Balaban J connectivity index is 0.919. The summed E-state index contributed by atoms with van der Waals surface area (Å²) in [5.41, 5.74) is 19.1. The first kappa shape index (κ1) is 35.7. The summed E-state index contributed by atoms with van der Waals surface area (Å²) in [6, 6.07) is 88.3. The number of rotatable bonds is 7. The monoisotopic (exact) mass is 788 g/mol. The van der Waals surface area contributed by atoms with Crippen molar-refractivity contribution < 1.29 is 0 Å². The molecule has 0 saturated carbocycles. The van der Waals surface area contributed by atoms with Crippen LogP contribution < -0.4 is 0 Å². The van der Waals surface area contributed by atoms with Crippen molar-refractivity contribution in [3.8, 4) is 67.0 Å². The Hall–Kier alpha value is -8.20. The molecule has 12 aromatic rings. The zero-order valence-corrected chi connectivity index (χ0v) is 34.0. The molecule has 2 heteroatoms. The number of nitrogens with zero attached hydrogens (tertiary/aromatic N) is 2. The Morgan fingerprint density at radius 2 is 0.516 bits per heavy atom. The highest BCUT2D eigenvalue weighted by atomic mass is 15.0. The highest BCUT2D eigenvalue weighted by Crippen LogP contribution is 2.42. The first-order valence-corrected chi connectivity index (χ1v) is 21.3. The lowest BCUT2D eigenvalue weighted by Crippen LogP contribution is -1.98. The first-order valence-electron chi connectivity index (χ1n) is 21.3. The molecule has 0 bridgehead atoms. The fraction of sp³-hybridized carbons (Fsp3) is 0. The molecule has 10 aromatic carbocycles. The van der Waals surface area contributed by atoms with Crippen LogP contribution in [0.3, 0.4) is 0 Å². The number of hydrogen-bond acceptors (Lipinski definition) is 0. The molecule has 12 rings (SSSR count). The molecule has 0 amide bonds. The van der Waals surface area contributed by atoms with E-state index in [1.54, 1.807) is 0 Å². The van der Waals surface area contributed by atoms with Gasteiger partial charge in [0.1, 0.15) is 0 Å². The molecule has 2 aromatic heterocycles. The molecule has 290 valence electrons. The van der Waals surface area contributed by atoms with Crippen molar-refractivity contribution in [2.24, 2.45) is 0 Å². The summed E-state index contributed by atoms with van der Waals surface area (Å²) in [5, 5.41) is 4.99. The van der Waals surface area contributed by atoms with Crippen molar-refractivity contribution in [2.45, 2.75) is 0 Å². The van der Waals surface area contributed by atoms with E-state index in [4.69, 9.17) is 0 Å². The van der Waals surface area contributed by atoms with Crippen molar-refractivity contribution in [3.05, 3.63) is 243 Å². The zero-order chi connectivity index (χ0) is 41.0. The van der Waals surface area contributed by atoms with Gasteiger partial charge in [0.25, 0.3) is 0 Å². The lowest BCUT2D eigenvalue weighted by atomic mass is 9.95. The highest BCUT2D eigenvalue weighted by molar-refractivity contribution is 6.23. The van der Waals surface area contributed by atoms with Gasteiger partial charge in [-0.15, -0.1) is 0 Å². The van der Waals surface area contributed by atoms with E-state index < -0.39 is 0 Å². The molecule has 0 N–H and O–H groups in total. The van der Waals surface area contributed by atoms with Crippen LogP contribution in [0.4, 0.5) is 0 Å². The number of para-hydroxylation sites is 3. The maximum absolute atomic E-state index is 2.48. The minimum Gasteiger partial charge on any atom is -0.307 e.